The summed E-state index contributed by atoms with van der Waals surface area (Å²) in [6.45, 7) is 0.505. The Kier molecular flexibility index (Phi) is 4.88. The molecule has 0 aliphatic rings. The zero-order valence-corrected chi connectivity index (χ0v) is 15.7. The third-order valence-corrected chi connectivity index (χ3v) is 4.75. The van der Waals surface area contributed by atoms with E-state index in [1.54, 1.807) is 18.4 Å². The predicted octanol–water partition coefficient (Wildman–Crippen LogP) is 5.23. The van der Waals surface area contributed by atoms with E-state index in [1.807, 2.05) is 36.4 Å². The molecule has 2 aromatic heterocycles. The number of hydrogen-bond donors (Lipinski definition) is 1. The summed E-state index contributed by atoms with van der Waals surface area (Å²) in [5.41, 5.74) is 4.52. The van der Waals surface area contributed by atoms with Crippen molar-refractivity contribution in [2.75, 3.05) is 0 Å². The fraction of sp³-hybridized carbons (Fsp3) is 0.100. The first kappa shape index (κ1) is 17.6. The number of fused-ring (bicyclic) bond motifs is 3. The molecular formula is C20H15Cl2N3O2. The van der Waals surface area contributed by atoms with Gasteiger partial charge in [0.25, 0.3) is 0 Å². The van der Waals surface area contributed by atoms with Gasteiger partial charge in [-0.15, -0.1) is 0 Å². The van der Waals surface area contributed by atoms with Gasteiger partial charge in [-0.3, -0.25) is 4.79 Å². The van der Waals surface area contributed by atoms with Gasteiger partial charge in [-0.05, 0) is 48.5 Å². The molecule has 0 saturated carbocycles. The first-order chi connectivity index (χ1) is 13.1. The lowest BCUT2D eigenvalue weighted by Gasteiger charge is -2.07. The molecule has 0 aliphatic carbocycles. The van der Waals surface area contributed by atoms with Crippen LogP contribution < -0.4 is 5.43 Å². The summed E-state index contributed by atoms with van der Waals surface area (Å²) in [5, 5.41) is 7.24. The Morgan fingerprint density at radius 2 is 1.74 bits per heavy atom. The Labute approximate surface area is 165 Å². The van der Waals surface area contributed by atoms with Crippen LogP contribution in [0.25, 0.3) is 21.8 Å². The number of amides is 1. The molecule has 0 fully saturated rings. The first-order valence-electron chi connectivity index (χ1n) is 8.34. The summed E-state index contributed by atoms with van der Waals surface area (Å²) in [6, 6.07) is 14.9. The molecule has 136 valence electrons. The second-order valence-corrected chi connectivity index (χ2v) is 6.91. The smallest absolute Gasteiger partial charge is 0.241 e. The topological polar surface area (TPSA) is 59.5 Å². The average Bonchev–Trinajstić information content (AvgIpc) is 3.26. The maximum Gasteiger partial charge on any atom is 0.241 e. The van der Waals surface area contributed by atoms with Crippen LogP contribution in [0, 0.1) is 0 Å². The maximum absolute atomic E-state index is 12.1. The molecule has 0 bridgehead atoms. The number of carbonyl (C=O) groups is 1. The van der Waals surface area contributed by atoms with Crippen LogP contribution >= 0.6 is 23.2 Å². The van der Waals surface area contributed by atoms with Gasteiger partial charge in [-0.1, -0.05) is 23.2 Å². The van der Waals surface area contributed by atoms with Gasteiger partial charge in [0.2, 0.25) is 5.91 Å². The molecule has 0 saturated heterocycles. The molecule has 4 rings (SSSR count). The molecular weight excluding hydrogens is 385 g/mol. The van der Waals surface area contributed by atoms with Crippen molar-refractivity contribution >= 4 is 57.1 Å². The standard InChI is InChI=1S/C20H15Cl2N3O2/c21-13-3-5-18-16(10-13)17-11-14(22)4-6-19(17)25(18)8-7-20(26)24-23-12-15-2-1-9-27-15/h1-6,9-12H,7-8H2,(H,24,26)/b23-12+. The number of hydrogen-bond acceptors (Lipinski definition) is 3. The van der Waals surface area contributed by atoms with Crippen LogP contribution in [0.4, 0.5) is 0 Å². The molecule has 4 aromatic rings. The van der Waals surface area contributed by atoms with Crippen molar-refractivity contribution < 1.29 is 9.21 Å². The lowest BCUT2D eigenvalue weighted by Crippen LogP contribution is -2.19. The minimum Gasteiger partial charge on any atom is -0.463 e. The Morgan fingerprint density at radius 3 is 2.33 bits per heavy atom. The average molecular weight is 400 g/mol. The number of hydrazone groups is 1. The molecule has 1 amide bonds. The van der Waals surface area contributed by atoms with Crippen LogP contribution in [0.2, 0.25) is 10.0 Å². The van der Waals surface area contributed by atoms with Crippen molar-refractivity contribution in [3.63, 3.8) is 0 Å². The number of nitrogens with zero attached hydrogens (tertiary/aromatic N) is 2. The molecule has 0 unspecified atom stereocenters. The Balaban J connectivity index is 1.56. The number of benzene rings is 2. The van der Waals surface area contributed by atoms with Gasteiger partial charge < -0.3 is 8.98 Å². The first-order valence-corrected chi connectivity index (χ1v) is 9.10. The van der Waals surface area contributed by atoms with Gasteiger partial charge in [0.1, 0.15) is 5.76 Å². The van der Waals surface area contributed by atoms with E-state index in [9.17, 15) is 4.79 Å². The minimum atomic E-state index is -0.185. The van der Waals surface area contributed by atoms with E-state index in [4.69, 9.17) is 27.6 Å². The summed E-state index contributed by atoms with van der Waals surface area (Å²) in [4.78, 5) is 12.1. The van der Waals surface area contributed by atoms with Crippen LogP contribution in [0.1, 0.15) is 12.2 Å². The van der Waals surface area contributed by atoms with Gasteiger partial charge in [0, 0.05) is 44.8 Å². The molecule has 0 aliphatic heterocycles. The predicted molar refractivity (Wildman–Crippen MR) is 109 cm³/mol. The SMILES string of the molecule is O=C(CCn1c2ccc(Cl)cc2c2cc(Cl)ccc21)N/N=C/c1ccco1. The lowest BCUT2D eigenvalue weighted by molar-refractivity contribution is -0.121. The van der Waals surface area contributed by atoms with Gasteiger partial charge in [-0.25, -0.2) is 5.43 Å². The van der Waals surface area contributed by atoms with Crippen molar-refractivity contribution in [1.82, 2.24) is 9.99 Å². The highest BCUT2D eigenvalue weighted by Crippen LogP contribution is 2.32. The third-order valence-electron chi connectivity index (χ3n) is 4.28. The van der Waals surface area contributed by atoms with Crippen molar-refractivity contribution in [3.8, 4) is 0 Å². The highest BCUT2D eigenvalue weighted by Gasteiger charge is 2.12. The number of aryl methyl sites for hydroxylation is 1. The fourth-order valence-electron chi connectivity index (χ4n) is 3.09. The van der Waals surface area contributed by atoms with Crippen LogP contribution in [0.5, 0.6) is 0 Å². The van der Waals surface area contributed by atoms with Gasteiger partial charge in [-0.2, -0.15) is 5.10 Å². The monoisotopic (exact) mass is 399 g/mol. The second kappa shape index (κ2) is 7.47. The molecule has 0 radical (unpaired) electrons. The summed E-state index contributed by atoms with van der Waals surface area (Å²) in [7, 11) is 0. The molecule has 0 atom stereocenters. The van der Waals surface area contributed by atoms with Crippen molar-refractivity contribution in [2.45, 2.75) is 13.0 Å². The molecule has 7 heteroatoms. The van der Waals surface area contributed by atoms with Crippen molar-refractivity contribution in [1.29, 1.82) is 0 Å². The van der Waals surface area contributed by atoms with Gasteiger partial charge >= 0.3 is 0 Å². The summed E-state index contributed by atoms with van der Waals surface area (Å²) < 4.78 is 7.21. The largest absolute Gasteiger partial charge is 0.463 e. The number of rotatable bonds is 5. The van der Waals surface area contributed by atoms with Crippen LogP contribution in [-0.2, 0) is 11.3 Å². The molecule has 5 nitrogen and oxygen atoms in total. The highest BCUT2D eigenvalue weighted by atomic mass is 35.5. The molecule has 2 heterocycles. The van der Waals surface area contributed by atoms with Crippen LogP contribution in [0.15, 0.2) is 64.3 Å². The van der Waals surface area contributed by atoms with E-state index in [1.165, 1.54) is 6.21 Å². The van der Waals surface area contributed by atoms with Crippen molar-refractivity contribution in [2.24, 2.45) is 5.10 Å². The molecule has 2 aromatic carbocycles. The fourth-order valence-corrected chi connectivity index (χ4v) is 3.44. The Morgan fingerprint density at radius 1 is 1.07 bits per heavy atom. The normalized spacial score (nSPS) is 11.6. The summed E-state index contributed by atoms with van der Waals surface area (Å²) >= 11 is 12.3. The highest BCUT2D eigenvalue weighted by molar-refractivity contribution is 6.33. The quantitative estimate of drug-likeness (QED) is 0.368. The van der Waals surface area contributed by atoms with E-state index in [0.29, 0.717) is 22.4 Å². The number of nitrogens with one attached hydrogen (secondary N) is 1. The van der Waals surface area contributed by atoms with E-state index < -0.39 is 0 Å². The van der Waals surface area contributed by atoms with E-state index in [-0.39, 0.29) is 12.3 Å². The molecule has 27 heavy (non-hydrogen) atoms. The second-order valence-electron chi connectivity index (χ2n) is 6.03. The Hall–Kier alpha value is -2.76. The van der Waals surface area contributed by atoms with Crippen molar-refractivity contribution in [3.05, 3.63) is 70.6 Å². The van der Waals surface area contributed by atoms with Gasteiger partial charge in [0.15, 0.2) is 0 Å². The summed E-state index contributed by atoms with van der Waals surface area (Å²) in [5.74, 6) is 0.391. The lowest BCUT2D eigenvalue weighted by atomic mass is 10.1. The number of carbonyl (C=O) groups excluding carboxylic acids is 1. The number of halogens is 2. The summed E-state index contributed by atoms with van der Waals surface area (Å²) in [6.07, 6.45) is 3.28. The maximum atomic E-state index is 12.1. The molecule has 0 spiro atoms. The number of aromatic nitrogens is 1. The zero-order chi connectivity index (χ0) is 18.8. The Bertz CT molecular complexity index is 1090. The van der Waals surface area contributed by atoms with Crippen LogP contribution in [-0.4, -0.2) is 16.7 Å². The van der Waals surface area contributed by atoms with E-state index in [0.717, 1.165) is 21.8 Å². The van der Waals surface area contributed by atoms with E-state index in [2.05, 4.69) is 15.1 Å². The van der Waals surface area contributed by atoms with Crippen LogP contribution in [0.3, 0.4) is 0 Å². The number of furan rings is 1. The molecule has 1 N–H and O–H groups in total. The van der Waals surface area contributed by atoms with E-state index >= 15 is 0 Å². The minimum absolute atomic E-state index is 0.185. The third kappa shape index (κ3) is 3.70. The van der Waals surface area contributed by atoms with Gasteiger partial charge in [0.05, 0.1) is 12.5 Å². The zero-order valence-electron chi connectivity index (χ0n) is 14.2.